The standard InChI is InChI=1S/C12H13N5OS/c13-4-1-2-10-6-9(7-19-10)12(18)14-5-3-11-15-8-16-17-11/h6-8H,3-5,13H2,(H,14,18)(H,15,16,17). The van der Waals surface area contributed by atoms with Crippen molar-refractivity contribution in [2.75, 3.05) is 13.1 Å². The van der Waals surface area contributed by atoms with E-state index in [4.69, 9.17) is 5.73 Å². The lowest BCUT2D eigenvalue weighted by Crippen LogP contribution is -2.25. The number of rotatable bonds is 4. The predicted octanol–water partition coefficient (Wildman–Crippen LogP) is 0.149. The first kappa shape index (κ1) is 13.3. The zero-order valence-corrected chi connectivity index (χ0v) is 11.0. The van der Waals surface area contributed by atoms with Gasteiger partial charge in [-0.1, -0.05) is 11.8 Å². The highest BCUT2D eigenvalue weighted by Crippen LogP contribution is 2.13. The number of carbonyl (C=O) groups excluding carboxylic acids is 1. The van der Waals surface area contributed by atoms with Crippen molar-refractivity contribution in [3.05, 3.63) is 34.0 Å². The molecule has 7 heteroatoms. The Balaban J connectivity index is 1.84. The summed E-state index contributed by atoms with van der Waals surface area (Å²) in [6.07, 6.45) is 2.06. The van der Waals surface area contributed by atoms with Crippen molar-refractivity contribution < 1.29 is 4.79 Å². The molecule has 2 aromatic rings. The lowest BCUT2D eigenvalue weighted by atomic mass is 10.3. The molecule has 0 radical (unpaired) electrons. The van der Waals surface area contributed by atoms with E-state index >= 15 is 0 Å². The van der Waals surface area contributed by atoms with E-state index < -0.39 is 0 Å². The van der Waals surface area contributed by atoms with Gasteiger partial charge in [-0.05, 0) is 6.07 Å². The van der Waals surface area contributed by atoms with E-state index in [1.165, 1.54) is 17.7 Å². The number of H-pyrrole nitrogens is 1. The summed E-state index contributed by atoms with van der Waals surface area (Å²) >= 11 is 1.43. The van der Waals surface area contributed by atoms with Gasteiger partial charge in [0, 0.05) is 18.3 Å². The number of thiophene rings is 1. The normalized spacial score (nSPS) is 9.74. The number of nitrogens with one attached hydrogen (secondary N) is 2. The number of nitrogens with zero attached hydrogens (tertiary/aromatic N) is 2. The number of hydrogen-bond acceptors (Lipinski definition) is 5. The van der Waals surface area contributed by atoms with Gasteiger partial charge in [0.15, 0.2) is 0 Å². The van der Waals surface area contributed by atoms with Crippen LogP contribution in [0.5, 0.6) is 0 Å². The van der Waals surface area contributed by atoms with E-state index in [2.05, 4.69) is 32.3 Å². The summed E-state index contributed by atoms with van der Waals surface area (Å²) < 4.78 is 0. The summed E-state index contributed by atoms with van der Waals surface area (Å²) in [4.78, 5) is 16.7. The fourth-order valence-corrected chi connectivity index (χ4v) is 2.16. The van der Waals surface area contributed by atoms with Crippen molar-refractivity contribution in [2.24, 2.45) is 5.73 Å². The van der Waals surface area contributed by atoms with Crippen molar-refractivity contribution in [2.45, 2.75) is 6.42 Å². The molecule has 0 aromatic carbocycles. The molecule has 0 aliphatic heterocycles. The van der Waals surface area contributed by atoms with Gasteiger partial charge in [-0.15, -0.1) is 11.3 Å². The molecular formula is C12H13N5OS. The molecule has 2 aromatic heterocycles. The minimum atomic E-state index is -0.114. The van der Waals surface area contributed by atoms with Crippen LogP contribution in [0.15, 0.2) is 17.8 Å². The Bertz CT molecular complexity index is 593. The highest BCUT2D eigenvalue weighted by atomic mass is 32.1. The molecule has 0 saturated heterocycles. The third-order valence-electron chi connectivity index (χ3n) is 2.29. The quantitative estimate of drug-likeness (QED) is 0.692. The third kappa shape index (κ3) is 3.91. The summed E-state index contributed by atoms with van der Waals surface area (Å²) in [7, 11) is 0. The van der Waals surface area contributed by atoms with Crippen molar-refractivity contribution in [3.63, 3.8) is 0 Å². The fourth-order valence-electron chi connectivity index (χ4n) is 1.41. The van der Waals surface area contributed by atoms with Crippen LogP contribution < -0.4 is 11.1 Å². The second-order valence-corrected chi connectivity index (χ2v) is 4.55. The lowest BCUT2D eigenvalue weighted by Gasteiger charge is -2.01. The molecule has 0 bridgehead atoms. The highest BCUT2D eigenvalue weighted by molar-refractivity contribution is 7.10. The van der Waals surface area contributed by atoms with Gasteiger partial charge in [-0.2, -0.15) is 5.10 Å². The zero-order chi connectivity index (χ0) is 13.5. The van der Waals surface area contributed by atoms with Crippen LogP contribution >= 0.6 is 11.3 Å². The molecule has 0 unspecified atom stereocenters. The van der Waals surface area contributed by atoms with Crippen molar-refractivity contribution >= 4 is 17.2 Å². The van der Waals surface area contributed by atoms with Gasteiger partial charge in [0.25, 0.3) is 5.91 Å². The van der Waals surface area contributed by atoms with Crippen LogP contribution in [0.2, 0.25) is 0 Å². The van der Waals surface area contributed by atoms with Crippen LogP contribution in [0.3, 0.4) is 0 Å². The van der Waals surface area contributed by atoms with Gasteiger partial charge < -0.3 is 11.1 Å². The number of carbonyl (C=O) groups is 1. The van der Waals surface area contributed by atoms with E-state index in [1.54, 1.807) is 11.4 Å². The van der Waals surface area contributed by atoms with E-state index in [0.29, 0.717) is 25.1 Å². The molecule has 4 N–H and O–H groups in total. The monoisotopic (exact) mass is 275 g/mol. The largest absolute Gasteiger partial charge is 0.352 e. The molecule has 0 fully saturated rings. The minimum Gasteiger partial charge on any atom is -0.352 e. The number of aromatic amines is 1. The van der Waals surface area contributed by atoms with Crippen LogP contribution in [0, 0.1) is 11.8 Å². The van der Waals surface area contributed by atoms with Crippen LogP contribution in [0.25, 0.3) is 0 Å². The second kappa shape index (κ2) is 6.68. The maximum atomic E-state index is 11.8. The Labute approximate surface area is 114 Å². The first-order chi connectivity index (χ1) is 9.29. The number of nitrogens with two attached hydrogens (primary N) is 1. The van der Waals surface area contributed by atoms with Crippen molar-refractivity contribution in [3.8, 4) is 11.8 Å². The SMILES string of the molecule is NCC#Cc1cc(C(=O)NCCc2ncn[nH]2)cs1. The Morgan fingerprint density at radius 3 is 3.21 bits per heavy atom. The van der Waals surface area contributed by atoms with Crippen LogP contribution in [-0.2, 0) is 6.42 Å². The highest BCUT2D eigenvalue weighted by Gasteiger charge is 2.07. The number of amides is 1. The number of hydrogen-bond donors (Lipinski definition) is 3. The Morgan fingerprint density at radius 1 is 1.58 bits per heavy atom. The zero-order valence-electron chi connectivity index (χ0n) is 10.1. The first-order valence-electron chi connectivity index (χ1n) is 5.69. The van der Waals surface area contributed by atoms with Gasteiger partial charge in [0.05, 0.1) is 17.0 Å². The Kier molecular flexibility index (Phi) is 4.66. The summed E-state index contributed by atoms with van der Waals surface area (Å²) in [5.74, 6) is 6.29. The molecule has 98 valence electrons. The van der Waals surface area contributed by atoms with Crippen LogP contribution in [0.1, 0.15) is 21.1 Å². The van der Waals surface area contributed by atoms with Crippen molar-refractivity contribution in [1.82, 2.24) is 20.5 Å². The third-order valence-corrected chi connectivity index (χ3v) is 3.13. The molecule has 0 aliphatic rings. The first-order valence-corrected chi connectivity index (χ1v) is 6.57. The molecule has 2 rings (SSSR count). The van der Waals surface area contributed by atoms with Gasteiger partial charge in [-0.25, -0.2) is 4.98 Å². The van der Waals surface area contributed by atoms with E-state index in [9.17, 15) is 4.79 Å². The van der Waals surface area contributed by atoms with Crippen molar-refractivity contribution in [1.29, 1.82) is 0 Å². The Hall–Kier alpha value is -2.17. The summed E-state index contributed by atoms with van der Waals surface area (Å²) in [6, 6.07) is 1.76. The molecule has 0 aliphatic carbocycles. The number of aromatic nitrogens is 3. The maximum Gasteiger partial charge on any atom is 0.252 e. The van der Waals surface area contributed by atoms with E-state index in [1.807, 2.05) is 0 Å². The summed E-state index contributed by atoms with van der Waals surface area (Å²) in [5, 5.41) is 11.1. The topological polar surface area (TPSA) is 96.7 Å². The molecule has 6 nitrogen and oxygen atoms in total. The molecular weight excluding hydrogens is 262 g/mol. The van der Waals surface area contributed by atoms with Gasteiger partial charge in [-0.3, -0.25) is 9.89 Å². The van der Waals surface area contributed by atoms with Gasteiger partial charge in [0.1, 0.15) is 12.2 Å². The average molecular weight is 275 g/mol. The predicted molar refractivity (Wildman–Crippen MR) is 72.7 cm³/mol. The average Bonchev–Trinajstić information content (AvgIpc) is 3.07. The molecule has 19 heavy (non-hydrogen) atoms. The molecule has 0 saturated carbocycles. The smallest absolute Gasteiger partial charge is 0.252 e. The fraction of sp³-hybridized carbons (Fsp3) is 0.250. The summed E-state index contributed by atoms with van der Waals surface area (Å²) in [5.41, 5.74) is 5.91. The van der Waals surface area contributed by atoms with Gasteiger partial charge in [0.2, 0.25) is 0 Å². The Morgan fingerprint density at radius 2 is 2.47 bits per heavy atom. The van der Waals surface area contributed by atoms with Gasteiger partial charge >= 0.3 is 0 Å². The maximum absolute atomic E-state index is 11.8. The molecule has 1 amide bonds. The van der Waals surface area contributed by atoms with Crippen LogP contribution in [-0.4, -0.2) is 34.2 Å². The lowest BCUT2D eigenvalue weighted by molar-refractivity contribution is 0.0954. The minimum absolute atomic E-state index is 0.114. The molecule has 2 heterocycles. The van der Waals surface area contributed by atoms with E-state index in [0.717, 1.165) is 10.7 Å². The summed E-state index contributed by atoms with van der Waals surface area (Å²) in [6.45, 7) is 0.824. The molecule has 0 atom stereocenters. The second-order valence-electron chi connectivity index (χ2n) is 3.64. The van der Waals surface area contributed by atoms with Crippen LogP contribution in [0.4, 0.5) is 0 Å². The van der Waals surface area contributed by atoms with E-state index in [-0.39, 0.29) is 5.91 Å². The molecule has 0 spiro atoms.